The molecular formula is C23H27NO. The third-order valence-corrected chi connectivity index (χ3v) is 5.94. The molecule has 130 valence electrons. The Balaban J connectivity index is 1.40. The van der Waals surface area contributed by atoms with Crippen molar-refractivity contribution >= 4 is 5.78 Å². The van der Waals surface area contributed by atoms with Gasteiger partial charge in [0.25, 0.3) is 0 Å². The first-order chi connectivity index (χ1) is 12.3. The molecule has 2 aliphatic rings. The standard InChI is InChI=1S/C23H27NO/c25-23(12-9-18-5-2-1-3-6-18)21-11-10-19-13-15-24(22-7-4-8-22)16-14-20(19)17-21/h1-3,5-6,10-11,17,22H,4,7-9,12-16H2. The number of benzene rings is 2. The molecule has 4 rings (SSSR count). The minimum atomic E-state index is 0.270. The molecule has 2 aromatic carbocycles. The average molecular weight is 333 g/mol. The van der Waals surface area contributed by atoms with Gasteiger partial charge >= 0.3 is 0 Å². The second-order valence-electron chi connectivity index (χ2n) is 7.51. The van der Waals surface area contributed by atoms with E-state index in [9.17, 15) is 4.79 Å². The molecule has 0 amide bonds. The van der Waals surface area contributed by atoms with Crippen LogP contribution in [0.5, 0.6) is 0 Å². The van der Waals surface area contributed by atoms with Crippen molar-refractivity contribution in [2.24, 2.45) is 0 Å². The molecule has 2 nitrogen and oxygen atoms in total. The summed E-state index contributed by atoms with van der Waals surface area (Å²) in [7, 11) is 0. The molecule has 1 fully saturated rings. The predicted octanol–water partition coefficient (Wildman–Crippen LogP) is 4.46. The van der Waals surface area contributed by atoms with Crippen molar-refractivity contribution in [2.45, 2.75) is 51.0 Å². The van der Waals surface area contributed by atoms with Gasteiger partial charge in [-0.25, -0.2) is 0 Å². The molecule has 1 saturated carbocycles. The van der Waals surface area contributed by atoms with Gasteiger partial charge in [-0.15, -0.1) is 0 Å². The lowest BCUT2D eigenvalue weighted by Gasteiger charge is -2.36. The lowest BCUT2D eigenvalue weighted by atomic mass is 9.91. The van der Waals surface area contributed by atoms with Crippen LogP contribution < -0.4 is 0 Å². The highest BCUT2D eigenvalue weighted by Crippen LogP contribution is 2.27. The van der Waals surface area contributed by atoms with Gasteiger partial charge in [0.2, 0.25) is 0 Å². The Bertz CT molecular complexity index is 733. The van der Waals surface area contributed by atoms with Crippen LogP contribution in [0.25, 0.3) is 0 Å². The highest BCUT2D eigenvalue weighted by Gasteiger charge is 2.26. The van der Waals surface area contributed by atoms with Crippen LogP contribution >= 0.6 is 0 Å². The van der Waals surface area contributed by atoms with Gasteiger partial charge in [-0.1, -0.05) is 48.9 Å². The molecule has 1 aliphatic heterocycles. The zero-order chi connectivity index (χ0) is 17.1. The fourth-order valence-electron chi connectivity index (χ4n) is 4.08. The summed E-state index contributed by atoms with van der Waals surface area (Å²) in [5, 5.41) is 0. The molecule has 0 bridgehead atoms. The normalized spacial score (nSPS) is 18.2. The van der Waals surface area contributed by atoms with Crippen molar-refractivity contribution in [1.29, 1.82) is 0 Å². The monoisotopic (exact) mass is 333 g/mol. The van der Waals surface area contributed by atoms with E-state index in [0.29, 0.717) is 6.42 Å². The minimum Gasteiger partial charge on any atom is -0.300 e. The lowest BCUT2D eigenvalue weighted by molar-refractivity contribution is 0.0982. The van der Waals surface area contributed by atoms with Crippen molar-refractivity contribution in [3.8, 4) is 0 Å². The molecule has 0 radical (unpaired) electrons. The number of hydrogen-bond acceptors (Lipinski definition) is 2. The van der Waals surface area contributed by atoms with Crippen LogP contribution in [0.4, 0.5) is 0 Å². The van der Waals surface area contributed by atoms with E-state index in [2.05, 4.69) is 29.2 Å². The maximum atomic E-state index is 12.6. The van der Waals surface area contributed by atoms with E-state index < -0.39 is 0 Å². The number of nitrogens with zero attached hydrogens (tertiary/aromatic N) is 1. The maximum absolute atomic E-state index is 12.6. The zero-order valence-electron chi connectivity index (χ0n) is 14.9. The molecule has 0 atom stereocenters. The van der Waals surface area contributed by atoms with Crippen LogP contribution in [-0.2, 0) is 19.3 Å². The summed E-state index contributed by atoms with van der Waals surface area (Å²) in [6, 6.07) is 17.5. The number of aryl methyl sites for hydroxylation is 1. The van der Waals surface area contributed by atoms with Gasteiger partial charge in [0.05, 0.1) is 0 Å². The quantitative estimate of drug-likeness (QED) is 0.753. The van der Waals surface area contributed by atoms with Gasteiger partial charge in [-0.3, -0.25) is 9.69 Å². The van der Waals surface area contributed by atoms with Crippen LogP contribution in [0.3, 0.4) is 0 Å². The van der Waals surface area contributed by atoms with Crippen LogP contribution in [0, 0.1) is 0 Å². The topological polar surface area (TPSA) is 20.3 Å². The van der Waals surface area contributed by atoms with Crippen LogP contribution in [0.2, 0.25) is 0 Å². The molecule has 1 aliphatic carbocycles. The summed E-state index contributed by atoms with van der Waals surface area (Å²) < 4.78 is 0. The highest BCUT2D eigenvalue weighted by molar-refractivity contribution is 5.96. The Kier molecular flexibility index (Phi) is 4.98. The smallest absolute Gasteiger partial charge is 0.163 e. The average Bonchev–Trinajstić information content (AvgIpc) is 2.81. The Morgan fingerprint density at radius 3 is 2.44 bits per heavy atom. The second-order valence-corrected chi connectivity index (χ2v) is 7.51. The second kappa shape index (κ2) is 7.53. The number of carbonyl (C=O) groups is 1. The summed E-state index contributed by atoms with van der Waals surface area (Å²) in [5.74, 6) is 0.270. The number of hydrogen-bond donors (Lipinski definition) is 0. The van der Waals surface area contributed by atoms with E-state index >= 15 is 0 Å². The molecule has 0 unspecified atom stereocenters. The number of Topliss-reactive ketones (excluding diaryl/α,β-unsaturated/α-hetero) is 1. The summed E-state index contributed by atoms with van der Waals surface area (Å²) in [4.78, 5) is 15.3. The van der Waals surface area contributed by atoms with E-state index in [-0.39, 0.29) is 5.78 Å². The Morgan fingerprint density at radius 1 is 0.960 bits per heavy atom. The molecule has 1 heterocycles. The molecule has 25 heavy (non-hydrogen) atoms. The first-order valence-electron chi connectivity index (χ1n) is 9.72. The molecule has 2 aromatic rings. The van der Waals surface area contributed by atoms with Crippen LogP contribution in [0.1, 0.15) is 52.7 Å². The van der Waals surface area contributed by atoms with Gasteiger partial charge in [0, 0.05) is 31.1 Å². The first kappa shape index (κ1) is 16.5. The predicted molar refractivity (Wildman–Crippen MR) is 102 cm³/mol. The zero-order valence-corrected chi connectivity index (χ0v) is 14.9. The van der Waals surface area contributed by atoms with Crippen molar-refractivity contribution in [2.75, 3.05) is 13.1 Å². The molecule has 2 heteroatoms. The molecule has 0 N–H and O–H groups in total. The fourth-order valence-corrected chi connectivity index (χ4v) is 4.08. The Labute approximate surface area is 150 Å². The van der Waals surface area contributed by atoms with Gasteiger partial charge in [-0.2, -0.15) is 0 Å². The number of carbonyl (C=O) groups excluding carboxylic acids is 1. The summed E-state index contributed by atoms with van der Waals surface area (Å²) in [6.07, 6.45) is 7.78. The third-order valence-electron chi connectivity index (χ3n) is 5.94. The molecule has 0 spiro atoms. The summed E-state index contributed by atoms with van der Waals surface area (Å²) in [6.45, 7) is 2.33. The van der Waals surface area contributed by atoms with E-state index in [1.54, 1.807) is 0 Å². The third kappa shape index (κ3) is 3.85. The maximum Gasteiger partial charge on any atom is 0.163 e. The first-order valence-corrected chi connectivity index (χ1v) is 9.72. The summed E-state index contributed by atoms with van der Waals surface area (Å²) >= 11 is 0. The van der Waals surface area contributed by atoms with Crippen molar-refractivity contribution in [3.63, 3.8) is 0 Å². The van der Waals surface area contributed by atoms with Crippen molar-refractivity contribution < 1.29 is 4.79 Å². The fraction of sp³-hybridized carbons (Fsp3) is 0.435. The van der Waals surface area contributed by atoms with Gasteiger partial charge < -0.3 is 0 Å². The molecule has 0 aromatic heterocycles. The Hall–Kier alpha value is -1.93. The highest BCUT2D eigenvalue weighted by atomic mass is 16.1. The van der Waals surface area contributed by atoms with E-state index in [1.165, 1.54) is 42.5 Å². The minimum absolute atomic E-state index is 0.270. The van der Waals surface area contributed by atoms with Gasteiger partial charge in [-0.05, 0) is 54.9 Å². The Morgan fingerprint density at radius 2 is 1.72 bits per heavy atom. The number of rotatable bonds is 5. The van der Waals surface area contributed by atoms with Crippen LogP contribution in [-0.4, -0.2) is 29.8 Å². The molecular weight excluding hydrogens is 306 g/mol. The van der Waals surface area contributed by atoms with E-state index in [4.69, 9.17) is 0 Å². The SMILES string of the molecule is O=C(CCc1ccccc1)c1ccc2c(c1)CCN(C1CCC1)CC2. The van der Waals surface area contributed by atoms with E-state index in [1.807, 2.05) is 24.3 Å². The summed E-state index contributed by atoms with van der Waals surface area (Å²) in [5.41, 5.74) is 4.97. The lowest BCUT2D eigenvalue weighted by Crippen LogP contribution is -2.41. The van der Waals surface area contributed by atoms with Crippen LogP contribution in [0.15, 0.2) is 48.5 Å². The van der Waals surface area contributed by atoms with Gasteiger partial charge in [0.15, 0.2) is 5.78 Å². The molecule has 0 saturated heterocycles. The number of fused-ring (bicyclic) bond motifs is 1. The largest absolute Gasteiger partial charge is 0.300 e. The van der Waals surface area contributed by atoms with E-state index in [0.717, 1.165) is 37.4 Å². The van der Waals surface area contributed by atoms with Gasteiger partial charge in [0.1, 0.15) is 0 Å². The van der Waals surface area contributed by atoms with Crippen molar-refractivity contribution in [3.05, 3.63) is 70.8 Å². The number of ketones is 1. The van der Waals surface area contributed by atoms with Crippen molar-refractivity contribution in [1.82, 2.24) is 4.90 Å².